The van der Waals surface area contributed by atoms with E-state index in [1.54, 1.807) is 0 Å². The number of nitrogens with one attached hydrogen (secondary N) is 1. The van der Waals surface area contributed by atoms with E-state index in [9.17, 15) is 9.59 Å². The number of hydrogen-bond acceptors (Lipinski definition) is 5. The fraction of sp³-hybridized carbons (Fsp3) is 0.594. The van der Waals surface area contributed by atoms with Crippen molar-refractivity contribution in [3.63, 3.8) is 0 Å². The van der Waals surface area contributed by atoms with Gasteiger partial charge in [0.2, 0.25) is 5.95 Å². The molecule has 0 unspecified atom stereocenters. The monoisotopic (exact) mass is 533 g/mol. The average Bonchev–Trinajstić information content (AvgIpc) is 2.93. The zero-order valence-corrected chi connectivity index (χ0v) is 24.5. The van der Waals surface area contributed by atoms with Crippen LogP contribution in [0.2, 0.25) is 0 Å². The van der Waals surface area contributed by atoms with E-state index in [1.165, 1.54) is 32.1 Å². The minimum absolute atomic E-state index is 0.107. The number of hydrogen-bond donors (Lipinski definition) is 1. The van der Waals surface area contributed by atoms with Gasteiger partial charge in [-0.25, -0.2) is 4.98 Å². The molecule has 0 spiro atoms. The van der Waals surface area contributed by atoms with Crippen LogP contribution in [-0.4, -0.2) is 61.0 Å². The predicted molar refractivity (Wildman–Crippen MR) is 162 cm³/mol. The molecule has 7 heteroatoms. The number of carbonyl (C=O) groups excluding carboxylic acids is 1. The molecule has 1 N–H and O–H groups in total. The lowest BCUT2D eigenvalue weighted by Gasteiger charge is -2.37. The summed E-state index contributed by atoms with van der Waals surface area (Å²) in [5, 5.41) is 0. The molecule has 1 saturated heterocycles. The Morgan fingerprint density at radius 1 is 1.03 bits per heavy atom. The van der Waals surface area contributed by atoms with Crippen LogP contribution in [0.25, 0.3) is 5.57 Å². The van der Waals surface area contributed by atoms with E-state index in [2.05, 4.69) is 23.4 Å². The number of piperidine rings is 1. The number of likely N-dealkylation sites (tertiary alicyclic amines) is 1. The van der Waals surface area contributed by atoms with Gasteiger partial charge in [-0.2, -0.15) is 0 Å². The Morgan fingerprint density at radius 2 is 1.64 bits per heavy atom. The summed E-state index contributed by atoms with van der Waals surface area (Å²) in [6.07, 6.45) is 10.0. The number of anilines is 2. The first-order chi connectivity index (χ1) is 18.8. The molecule has 2 aliphatic rings. The van der Waals surface area contributed by atoms with Crippen molar-refractivity contribution in [3.05, 3.63) is 58.0 Å². The number of aromatic amines is 1. The average molecular weight is 534 g/mol. The highest BCUT2D eigenvalue weighted by Crippen LogP contribution is 2.30. The Morgan fingerprint density at radius 3 is 2.23 bits per heavy atom. The van der Waals surface area contributed by atoms with E-state index in [0.29, 0.717) is 29.2 Å². The van der Waals surface area contributed by atoms with Gasteiger partial charge in [-0.3, -0.25) is 14.6 Å². The van der Waals surface area contributed by atoms with E-state index < -0.39 is 0 Å². The highest BCUT2D eigenvalue weighted by atomic mass is 16.2. The van der Waals surface area contributed by atoms with Crippen molar-refractivity contribution in [2.45, 2.75) is 71.6 Å². The molecule has 2 heterocycles. The summed E-state index contributed by atoms with van der Waals surface area (Å²) in [6.45, 7) is 11.7. The van der Waals surface area contributed by atoms with Crippen LogP contribution in [0.3, 0.4) is 0 Å². The van der Waals surface area contributed by atoms with E-state index >= 15 is 0 Å². The number of aryl methyl sites for hydroxylation is 1. The Balaban J connectivity index is 1.53. The zero-order chi connectivity index (χ0) is 27.9. The minimum atomic E-state index is -0.107. The quantitative estimate of drug-likeness (QED) is 0.412. The molecule has 1 aliphatic carbocycles. The van der Waals surface area contributed by atoms with E-state index in [-0.39, 0.29) is 11.5 Å². The van der Waals surface area contributed by atoms with Crippen LogP contribution in [0.5, 0.6) is 0 Å². The normalized spacial score (nSPS) is 16.8. The Labute approximate surface area is 234 Å². The van der Waals surface area contributed by atoms with Gasteiger partial charge in [0.05, 0.1) is 5.69 Å². The zero-order valence-electron chi connectivity index (χ0n) is 24.5. The van der Waals surface area contributed by atoms with E-state index in [4.69, 9.17) is 4.98 Å². The number of amides is 1. The molecule has 1 aromatic carbocycles. The molecule has 1 saturated carbocycles. The van der Waals surface area contributed by atoms with Gasteiger partial charge in [0.15, 0.2) is 0 Å². The third kappa shape index (κ3) is 7.31. The number of rotatable bonds is 10. The maximum absolute atomic E-state index is 13.3. The minimum Gasteiger partial charge on any atom is -0.371 e. The lowest BCUT2D eigenvalue weighted by Crippen LogP contribution is -2.43. The standard InChI is InChI=1S/C32H47N5O2/c1-6-10-24(3)28-29(35(4)5)30(38)34-32(33-28)37(21-25-11-8-7-9-12-25)22-26-17-19-36(20-18-26)31(39)27-15-13-23(2)14-16-27/h13-16,25-26H,3,6-12,17-22H2,1-2,4-5H3,(H,33,34,38). The summed E-state index contributed by atoms with van der Waals surface area (Å²) in [7, 11) is 3.78. The van der Waals surface area contributed by atoms with Crippen molar-refractivity contribution in [2.75, 3.05) is 50.1 Å². The van der Waals surface area contributed by atoms with Gasteiger partial charge in [-0.05, 0) is 68.6 Å². The van der Waals surface area contributed by atoms with Crippen LogP contribution in [0.15, 0.2) is 35.6 Å². The SMILES string of the molecule is C=C(CCC)c1nc(N(CC2CCCCC2)CC2CCN(C(=O)c3ccc(C)cc3)CC2)[nH]c(=O)c1N(C)C. The number of H-pyrrole nitrogens is 1. The first-order valence-electron chi connectivity index (χ1n) is 14.9. The third-order valence-corrected chi connectivity index (χ3v) is 8.40. The molecule has 1 aliphatic heterocycles. The molecule has 7 nitrogen and oxygen atoms in total. The smallest absolute Gasteiger partial charge is 0.276 e. The molecule has 4 rings (SSSR count). The number of nitrogens with zero attached hydrogens (tertiary/aromatic N) is 4. The van der Waals surface area contributed by atoms with Crippen molar-refractivity contribution >= 4 is 23.1 Å². The Hall–Kier alpha value is -3.09. The highest BCUT2D eigenvalue weighted by molar-refractivity contribution is 5.94. The maximum atomic E-state index is 13.3. The molecule has 2 aromatic rings. The lowest BCUT2D eigenvalue weighted by molar-refractivity contribution is 0.0692. The van der Waals surface area contributed by atoms with Crippen molar-refractivity contribution in [1.29, 1.82) is 0 Å². The van der Waals surface area contributed by atoms with Gasteiger partial charge in [-0.1, -0.05) is 56.9 Å². The molecule has 1 amide bonds. The van der Waals surface area contributed by atoms with Crippen molar-refractivity contribution in [3.8, 4) is 0 Å². The van der Waals surface area contributed by atoms with Crippen molar-refractivity contribution in [1.82, 2.24) is 14.9 Å². The molecule has 0 bridgehead atoms. The lowest BCUT2D eigenvalue weighted by atomic mass is 9.88. The summed E-state index contributed by atoms with van der Waals surface area (Å²) in [6, 6.07) is 7.86. The summed E-state index contributed by atoms with van der Waals surface area (Å²) in [5.74, 6) is 1.85. The Kier molecular flexibility index (Phi) is 9.87. The second kappa shape index (κ2) is 13.3. The summed E-state index contributed by atoms with van der Waals surface area (Å²) in [4.78, 5) is 40.8. The van der Waals surface area contributed by atoms with Crippen molar-refractivity contribution < 1.29 is 4.79 Å². The molecule has 0 atom stereocenters. The maximum Gasteiger partial charge on any atom is 0.276 e. The number of allylic oxidation sites excluding steroid dienone is 1. The molecule has 212 valence electrons. The number of carbonyl (C=O) groups is 1. The van der Waals surface area contributed by atoms with Gasteiger partial charge in [0.25, 0.3) is 11.5 Å². The summed E-state index contributed by atoms with van der Waals surface area (Å²) < 4.78 is 0. The summed E-state index contributed by atoms with van der Waals surface area (Å²) >= 11 is 0. The fourth-order valence-corrected chi connectivity index (χ4v) is 6.12. The second-order valence-corrected chi connectivity index (χ2v) is 11.8. The first kappa shape index (κ1) is 28.9. The fourth-order valence-electron chi connectivity index (χ4n) is 6.12. The van der Waals surface area contributed by atoms with Crippen LogP contribution in [-0.2, 0) is 0 Å². The van der Waals surface area contributed by atoms with Crippen LogP contribution < -0.4 is 15.4 Å². The molecular weight excluding hydrogens is 486 g/mol. The molecule has 0 radical (unpaired) electrons. The third-order valence-electron chi connectivity index (χ3n) is 8.40. The van der Waals surface area contributed by atoms with E-state index in [0.717, 1.165) is 68.6 Å². The largest absolute Gasteiger partial charge is 0.371 e. The van der Waals surface area contributed by atoms with Gasteiger partial charge in [0, 0.05) is 45.8 Å². The topological polar surface area (TPSA) is 72.5 Å². The van der Waals surface area contributed by atoms with Crippen LogP contribution in [0.1, 0.15) is 86.3 Å². The van der Waals surface area contributed by atoms with Crippen LogP contribution in [0.4, 0.5) is 11.6 Å². The summed E-state index contributed by atoms with van der Waals surface area (Å²) in [5.41, 5.74) is 4.03. The van der Waals surface area contributed by atoms with Gasteiger partial charge in [0.1, 0.15) is 5.69 Å². The number of aromatic nitrogens is 2. The highest BCUT2D eigenvalue weighted by Gasteiger charge is 2.28. The predicted octanol–water partition coefficient (Wildman–Crippen LogP) is 5.90. The molecular formula is C32H47N5O2. The van der Waals surface area contributed by atoms with Gasteiger partial charge in [-0.15, -0.1) is 0 Å². The van der Waals surface area contributed by atoms with Crippen LogP contribution in [0, 0.1) is 18.8 Å². The molecule has 2 fully saturated rings. The van der Waals surface area contributed by atoms with Crippen LogP contribution >= 0.6 is 0 Å². The molecule has 39 heavy (non-hydrogen) atoms. The Bertz CT molecular complexity index is 1170. The number of benzene rings is 1. The second-order valence-electron chi connectivity index (χ2n) is 11.8. The van der Waals surface area contributed by atoms with Crippen molar-refractivity contribution in [2.24, 2.45) is 11.8 Å². The molecule has 1 aromatic heterocycles. The van der Waals surface area contributed by atoms with E-state index in [1.807, 2.05) is 55.1 Å². The van der Waals surface area contributed by atoms with Gasteiger partial charge < -0.3 is 14.7 Å². The first-order valence-corrected chi connectivity index (χ1v) is 14.9. The van der Waals surface area contributed by atoms with Gasteiger partial charge >= 0.3 is 0 Å².